The fourth-order valence-corrected chi connectivity index (χ4v) is 1.74. The molecule has 1 amide bonds. The number of carbonyl (C=O) groups excluding carboxylic acids is 1. The summed E-state index contributed by atoms with van der Waals surface area (Å²) in [7, 11) is 0. The van der Waals surface area contributed by atoms with Gasteiger partial charge in [-0.1, -0.05) is 15.9 Å². The van der Waals surface area contributed by atoms with E-state index in [9.17, 15) is 9.90 Å². The van der Waals surface area contributed by atoms with Crippen LogP contribution in [0.3, 0.4) is 0 Å². The lowest BCUT2D eigenvalue weighted by Crippen LogP contribution is -2.23. The first-order valence-corrected chi connectivity index (χ1v) is 5.99. The summed E-state index contributed by atoms with van der Waals surface area (Å²) in [5, 5.41) is 19.9. The minimum Gasteiger partial charge on any atom is -0.507 e. The van der Waals surface area contributed by atoms with E-state index in [0.717, 1.165) is 0 Å². The zero-order valence-corrected chi connectivity index (χ0v) is 10.9. The predicted octanol–water partition coefficient (Wildman–Crippen LogP) is 1.87. The van der Waals surface area contributed by atoms with E-state index in [1.807, 2.05) is 0 Å². The number of hydrogen-bond acceptors (Lipinski definition) is 4. The van der Waals surface area contributed by atoms with Crippen LogP contribution in [0.2, 0.25) is 0 Å². The minimum atomic E-state index is -0.356. The summed E-state index contributed by atoms with van der Waals surface area (Å²) in [6, 6.07) is 8.21. The van der Waals surface area contributed by atoms with E-state index in [-0.39, 0.29) is 23.8 Å². The average molecular weight is 308 g/mol. The Morgan fingerprint density at radius 1 is 1.39 bits per heavy atom. The summed E-state index contributed by atoms with van der Waals surface area (Å²) >= 11 is 3.21. The number of nitrogens with one attached hydrogen (secondary N) is 1. The highest BCUT2D eigenvalue weighted by Gasteiger charge is 2.10. The van der Waals surface area contributed by atoms with Gasteiger partial charge in [-0.3, -0.25) is 4.79 Å². The van der Waals surface area contributed by atoms with E-state index in [0.29, 0.717) is 10.2 Å². The second-order valence-electron chi connectivity index (χ2n) is 3.56. The topological polar surface area (TPSA) is 75.1 Å². The highest BCUT2D eigenvalue weighted by Crippen LogP contribution is 2.22. The van der Waals surface area contributed by atoms with Crippen LogP contribution in [0.25, 0.3) is 0 Å². The van der Waals surface area contributed by atoms with E-state index >= 15 is 0 Å². The summed E-state index contributed by atoms with van der Waals surface area (Å²) in [6.45, 7) is 0.266. The van der Waals surface area contributed by atoms with Gasteiger partial charge in [0.1, 0.15) is 5.75 Å². The third-order valence-corrected chi connectivity index (χ3v) is 2.76. The Morgan fingerprint density at radius 2 is 2.22 bits per heavy atom. The summed E-state index contributed by atoms with van der Waals surface area (Å²) in [5.74, 6) is -0.424. The van der Waals surface area contributed by atoms with Crippen LogP contribution in [0, 0.1) is 0 Å². The first-order valence-electron chi connectivity index (χ1n) is 5.20. The Bertz CT molecular complexity index is 561. The zero-order valence-electron chi connectivity index (χ0n) is 9.30. The summed E-state index contributed by atoms with van der Waals surface area (Å²) < 4.78 is 0.713. The molecule has 2 aromatic rings. The number of hydrogen-bond donors (Lipinski definition) is 2. The fraction of sp³-hybridized carbons (Fsp3) is 0.0833. The quantitative estimate of drug-likeness (QED) is 0.908. The monoisotopic (exact) mass is 307 g/mol. The van der Waals surface area contributed by atoms with Gasteiger partial charge in [-0.15, -0.1) is 0 Å². The van der Waals surface area contributed by atoms with Gasteiger partial charge in [-0.25, -0.2) is 0 Å². The van der Waals surface area contributed by atoms with Crippen LogP contribution < -0.4 is 5.32 Å². The lowest BCUT2D eigenvalue weighted by molar-refractivity contribution is 0.0947. The van der Waals surface area contributed by atoms with Crippen molar-refractivity contribution >= 4 is 21.8 Å². The van der Waals surface area contributed by atoms with Gasteiger partial charge in [-0.2, -0.15) is 10.2 Å². The Balaban J connectivity index is 2.04. The first-order chi connectivity index (χ1) is 8.66. The largest absolute Gasteiger partial charge is 0.507 e. The van der Waals surface area contributed by atoms with Crippen molar-refractivity contribution in [2.24, 2.45) is 0 Å². The van der Waals surface area contributed by atoms with Crippen molar-refractivity contribution in [3.8, 4) is 5.75 Å². The lowest BCUT2D eigenvalue weighted by atomic mass is 10.2. The molecule has 1 heterocycles. The number of benzene rings is 1. The summed E-state index contributed by atoms with van der Waals surface area (Å²) in [4.78, 5) is 11.8. The van der Waals surface area contributed by atoms with Crippen LogP contribution in [-0.4, -0.2) is 21.2 Å². The van der Waals surface area contributed by atoms with Gasteiger partial charge < -0.3 is 10.4 Å². The number of phenols is 1. The molecular formula is C12H10BrN3O2. The molecule has 0 bridgehead atoms. The molecule has 92 valence electrons. The molecule has 0 fully saturated rings. The Morgan fingerprint density at radius 3 is 2.89 bits per heavy atom. The Hall–Kier alpha value is -1.95. The van der Waals surface area contributed by atoms with E-state index in [1.165, 1.54) is 6.07 Å². The van der Waals surface area contributed by atoms with Gasteiger partial charge in [0, 0.05) is 10.7 Å². The van der Waals surface area contributed by atoms with Crippen molar-refractivity contribution in [1.29, 1.82) is 0 Å². The van der Waals surface area contributed by atoms with Crippen LogP contribution in [0.4, 0.5) is 0 Å². The molecule has 1 aromatic heterocycles. The molecule has 2 N–H and O–H groups in total. The van der Waals surface area contributed by atoms with Gasteiger partial charge in [0.05, 0.1) is 17.8 Å². The maximum Gasteiger partial charge on any atom is 0.255 e. The van der Waals surface area contributed by atoms with E-state index in [1.54, 1.807) is 30.5 Å². The molecule has 0 spiro atoms. The molecule has 1 aromatic carbocycles. The molecule has 18 heavy (non-hydrogen) atoms. The molecule has 0 saturated heterocycles. The molecule has 0 aliphatic heterocycles. The van der Waals surface area contributed by atoms with Crippen LogP contribution in [0.5, 0.6) is 5.75 Å². The highest BCUT2D eigenvalue weighted by molar-refractivity contribution is 9.10. The maximum atomic E-state index is 11.8. The molecule has 2 rings (SSSR count). The van der Waals surface area contributed by atoms with Crippen LogP contribution in [0.15, 0.2) is 41.0 Å². The lowest BCUT2D eigenvalue weighted by Gasteiger charge is -2.06. The summed E-state index contributed by atoms with van der Waals surface area (Å²) in [6.07, 6.45) is 1.56. The number of carbonyl (C=O) groups is 1. The third kappa shape index (κ3) is 3.04. The molecule has 0 aliphatic carbocycles. The number of nitrogens with zero attached hydrogens (tertiary/aromatic N) is 2. The van der Waals surface area contributed by atoms with E-state index < -0.39 is 0 Å². The highest BCUT2D eigenvalue weighted by atomic mass is 79.9. The number of phenolic OH excluding ortho intramolecular Hbond substituents is 1. The Kier molecular flexibility index (Phi) is 3.88. The SMILES string of the molecule is O=C(NCc1cccnn1)c1ccc(Br)cc1O. The van der Waals surface area contributed by atoms with Gasteiger partial charge in [0.15, 0.2) is 0 Å². The number of aromatic nitrogens is 2. The van der Waals surface area contributed by atoms with Crippen molar-refractivity contribution in [2.45, 2.75) is 6.54 Å². The van der Waals surface area contributed by atoms with Crippen molar-refractivity contribution in [2.75, 3.05) is 0 Å². The van der Waals surface area contributed by atoms with Gasteiger partial charge in [-0.05, 0) is 30.3 Å². The zero-order chi connectivity index (χ0) is 13.0. The third-order valence-electron chi connectivity index (χ3n) is 2.26. The van der Waals surface area contributed by atoms with Crippen LogP contribution in [0.1, 0.15) is 16.1 Å². The first kappa shape index (κ1) is 12.5. The average Bonchev–Trinajstić information content (AvgIpc) is 2.37. The summed E-state index contributed by atoms with van der Waals surface area (Å²) in [5.41, 5.74) is 0.879. The molecule has 0 aliphatic rings. The maximum absolute atomic E-state index is 11.8. The van der Waals surface area contributed by atoms with Gasteiger partial charge >= 0.3 is 0 Å². The van der Waals surface area contributed by atoms with Gasteiger partial charge in [0.2, 0.25) is 0 Å². The van der Waals surface area contributed by atoms with E-state index in [2.05, 4.69) is 31.4 Å². The molecule has 0 saturated carbocycles. The molecule has 6 heteroatoms. The second-order valence-corrected chi connectivity index (χ2v) is 4.47. The number of rotatable bonds is 3. The predicted molar refractivity (Wildman–Crippen MR) is 69.0 cm³/mol. The van der Waals surface area contributed by atoms with Gasteiger partial charge in [0.25, 0.3) is 5.91 Å². The normalized spacial score (nSPS) is 10.1. The smallest absolute Gasteiger partial charge is 0.255 e. The number of halogens is 1. The minimum absolute atomic E-state index is 0.0685. The molecule has 0 unspecified atom stereocenters. The molecule has 0 radical (unpaired) electrons. The van der Waals surface area contributed by atoms with Crippen molar-refractivity contribution in [3.63, 3.8) is 0 Å². The van der Waals surface area contributed by atoms with Crippen molar-refractivity contribution < 1.29 is 9.90 Å². The van der Waals surface area contributed by atoms with E-state index in [4.69, 9.17) is 0 Å². The number of amides is 1. The Labute approximate surface area is 112 Å². The fourth-order valence-electron chi connectivity index (χ4n) is 1.39. The molecular weight excluding hydrogens is 298 g/mol. The molecule has 5 nitrogen and oxygen atoms in total. The standard InChI is InChI=1S/C12H10BrN3O2/c13-8-3-4-10(11(17)6-8)12(18)14-7-9-2-1-5-15-16-9/h1-6,17H,7H2,(H,14,18). The number of aromatic hydroxyl groups is 1. The molecule has 0 atom stereocenters. The van der Waals surface area contributed by atoms with Crippen molar-refractivity contribution in [1.82, 2.24) is 15.5 Å². The van der Waals surface area contributed by atoms with Crippen LogP contribution in [-0.2, 0) is 6.54 Å². The second kappa shape index (κ2) is 5.59. The van der Waals surface area contributed by atoms with Crippen molar-refractivity contribution in [3.05, 3.63) is 52.3 Å². The van der Waals surface area contributed by atoms with Crippen LogP contribution >= 0.6 is 15.9 Å².